The number of carbonyl (C=O) groups is 2. The molecule has 3 aliphatic rings. The quantitative estimate of drug-likeness (QED) is 0.841. The van der Waals surface area contributed by atoms with Crippen LogP contribution in [0.4, 0.5) is 0 Å². The second kappa shape index (κ2) is 5.27. The van der Waals surface area contributed by atoms with Crippen LogP contribution < -0.4 is 0 Å². The van der Waals surface area contributed by atoms with E-state index < -0.39 is 11.4 Å². The van der Waals surface area contributed by atoms with Crippen LogP contribution in [0.1, 0.15) is 44.9 Å². The fourth-order valence-corrected chi connectivity index (χ4v) is 4.60. The minimum atomic E-state index is -0.708. The Bertz CT molecular complexity index is 446. The highest BCUT2D eigenvalue weighted by atomic mass is 16.5. The summed E-state index contributed by atoms with van der Waals surface area (Å²) in [6, 6.07) is 0. The fourth-order valence-electron chi connectivity index (χ4n) is 4.60. The van der Waals surface area contributed by atoms with Crippen molar-refractivity contribution in [1.29, 1.82) is 0 Å². The third-order valence-electron chi connectivity index (χ3n) is 6.13. The molecule has 0 aromatic heterocycles. The van der Waals surface area contributed by atoms with E-state index in [4.69, 9.17) is 4.74 Å². The van der Waals surface area contributed by atoms with Crippen molar-refractivity contribution >= 4 is 11.9 Å². The van der Waals surface area contributed by atoms with Gasteiger partial charge in [-0.2, -0.15) is 0 Å². The molecule has 0 unspecified atom stereocenters. The van der Waals surface area contributed by atoms with Crippen molar-refractivity contribution in [3.63, 3.8) is 0 Å². The van der Waals surface area contributed by atoms with Crippen LogP contribution in [0.25, 0.3) is 0 Å². The molecule has 118 valence electrons. The lowest BCUT2D eigenvalue weighted by Crippen LogP contribution is -2.48. The molecule has 1 heterocycles. The van der Waals surface area contributed by atoms with E-state index in [1.165, 1.54) is 0 Å². The molecule has 1 aliphatic heterocycles. The normalized spacial score (nSPS) is 33.6. The van der Waals surface area contributed by atoms with Crippen molar-refractivity contribution in [2.24, 2.45) is 16.7 Å². The highest BCUT2D eigenvalue weighted by molar-refractivity contribution is 5.86. The summed E-state index contributed by atoms with van der Waals surface area (Å²) in [4.78, 5) is 26.5. The van der Waals surface area contributed by atoms with Crippen LogP contribution in [-0.2, 0) is 14.3 Å². The minimum Gasteiger partial charge on any atom is -0.481 e. The number of likely N-dealkylation sites (tertiary alicyclic amines) is 1. The van der Waals surface area contributed by atoms with Gasteiger partial charge in [-0.1, -0.05) is 12.8 Å². The van der Waals surface area contributed by atoms with Crippen LogP contribution in [0.5, 0.6) is 0 Å². The third-order valence-corrected chi connectivity index (χ3v) is 6.13. The van der Waals surface area contributed by atoms with Gasteiger partial charge >= 0.3 is 5.97 Å². The molecule has 3 rings (SSSR count). The molecule has 1 N–H and O–H groups in total. The first-order chi connectivity index (χ1) is 10.0. The number of hydrogen-bond donors (Lipinski definition) is 1. The number of ether oxygens (including phenoxy) is 1. The molecule has 0 spiro atoms. The Morgan fingerprint density at radius 2 is 2.05 bits per heavy atom. The van der Waals surface area contributed by atoms with Crippen molar-refractivity contribution in [2.45, 2.75) is 44.9 Å². The summed E-state index contributed by atoms with van der Waals surface area (Å²) in [5, 5.41) is 9.63. The van der Waals surface area contributed by atoms with Crippen molar-refractivity contribution in [1.82, 2.24) is 4.90 Å². The fraction of sp³-hybridized carbons (Fsp3) is 0.875. The van der Waals surface area contributed by atoms with E-state index in [0.717, 1.165) is 44.9 Å². The van der Waals surface area contributed by atoms with Crippen LogP contribution in [0.15, 0.2) is 0 Å². The van der Waals surface area contributed by atoms with Crippen LogP contribution in [0.2, 0.25) is 0 Å². The number of hydrogen-bond acceptors (Lipinski definition) is 3. The molecule has 0 radical (unpaired) electrons. The van der Waals surface area contributed by atoms with Crippen molar-refractivity contribution in [3.05, 3.63) is 0 Å². The molecule has 5 heteroatoms. The molecule has 2 saturated carbocycles. The topological polar surface area (TPSA) is 66.8 Å². The largest absolute Gasteiger partial charge is 0.481 e. The highest BCUT2D eigenvalue weighted by Gasteiger charge is 2.58. The Hall–Kier alpha value is -1.10. The molecule has 0 bridgehead atoms. The molecule has 1 amide bonds. The molecule has 3 fully saturated rings. The maximum Gasteiger partial charge on any atom is 0.311 e. The van der Waals surface area contributed by atoms with E-state index in [0.29, 0.717) is 19.7 Å². The standard InChI is InChI=1S/C16H25NO4/c1-21-9-8-15(5-3-6-15)13(18)17-10-12-4-2-7-16(12,11-17)14(19)20/h12H,2-11H2,1H3,(H,19,20)/t12-,16+/m0/s1. The molecular weight excluding hydrogens is 270 g/mol. The van der Waals surface area contributed by atoms with Gasteiger partial charge < -0.3 is 14.7 Å². The number of carboxylic acid groups (broad SMARTS) is 1. The second-order valence-corrected chi connectivity index (χ2v) is 7.11. The van der Waals surface area contributed by atoms with E-state index >= 15 is 0 Å². The zero-order valence-electron chi connectivity index (χ0n) is 12.8. The minimum absolute atomic E-state index is 0.151. The van der Waals surface area contributed by atoms with Gasteiger partial charge in [0.25, 0.3) is 0 Å². The van der Waals surface area contributed by atoms with Crippen molar-refractivity contribution in [2.75, 3.05) is 26.8 Å². The first kappa shape index (κ1) is 14.8. The van der Waals surface area contributed by atoms with Gasteiger partial charge in [-0.25, -0.2) is 0 Å². The molecule has 0 aromatic rings. The third kappa shape index (κ3) is 2.17. The predicted molar refractivity (Wildman–Crippen MR) is 76.8 cm³/mol. The Balaban J connectivity index is 1.73. The Kier molecular flexibility index (Phi) is 3.72. The van der Waals surface area contributed by atoms with E-state index in [-0.39, 0.29) is 17.2 Å². The van der Waals surface area contributed by atoms with Crippen LogP contribution in [0, 0.1) is 16.7 Å². The van der Waals surface area contributed by atoms with Crippen molar-refractivity contribution in [3.8, 4) is 0 Å². The van der Waals surface area contributed by atoms with Gasteiger partial charge in [0, 0.05) is 26.8 Å². The summed E-state index contributed by atoms with van der Waals surface area (Å²) >= 11 is 0. The summed E-state index contributed by atoms with van der Waals surface area (Å²) in [5.41, 5.74) is -0.934. The average Bonchev–Trinajstić information content (AvgIpc) is 2.94. The number of fused-ring (bicyclic) bond motifs is 1. The number of carbonyl (C=O) groups excluding carboxylic acids is 1. The van der Waals surface area contributed by atoms with Gasteiger partial charge in [-0.05, 0) is 38.0 Å². The molecule has 2 aliphatic carbocycles. The van der Waals surface area contributed by atoms with E-state index in [9.17, 15) is 14.7 Å². The van der Waals surface area contributed by atoms with Gasteiger partial charge in [-0.3, -0.25) is 9.59 Å². The summed E-state index contributed by atoms with van der Waals surface area (Å²) in [7, 11) is 1.66. The molecular formula is C16H25NO4. The Labute approximate surface area is 125 Å². The first-order valence-electron chi connectivity index (χ1n) is 8.06. The summed E-state index contributed by atoms with van der Waals surface area (Å²) in [6.07, 6.45) is 6.37. The summed E-state index contributed by atoms with van der Waals surface area (Å²) < 4.78 is 5.15. The predicted octanol–water partition coefficient (Wildman–Crippen LogP) is 1.91. The number of rotatable bonds is 5. The van der Waals surface area contributed by atoms with E-state index in [1.807, 2.05) is 4.90 Å². The number of aliphatic carboxylic acids is 1. The van der Waals surface area contributed by atoms with Crippen LogP contribution in [-0.4, -0.2) is 48.7 Å². The lowest BCUT2D eigenvalue weighted by atomic mass is 9.66. The molecule has 1 saturated heterocycles. The molecule has 5 nitrogen and oxygen atoms in total. The van der Waals surface area contributed by atoms with Crippen molar-refractivity contribution < 1.29 is 19.4 Å². The van der Waals surface area contributed by atoms with Gasteiger partial charge in [-0.15, -0.1) is 0 Å². The summed E-state index contributed by atoms with van der Waals surface area (Å²) in [5.74, 6) is -0.376. The lowest BCUT2D eigenvalue weighted by Gasteiger charge is -2.43. The Morgan fingerprint density at radius 1 is 1.29 bits per heavy atom. The lowest BCUT2D eigenvalue weighted by molar-refractivity contribution is -0.152. The van der Waals surface area contributed by atoms with Crippen LogP contribution in [0.3, 0.4) is 0 Å². The highest BCUT2D eigenvalue weighted by Crippen LogP contribution is 2.52. The van der Waals surface area contributed by atoms with Gasteiger partial charge in [0.1, 0.15) is 0 Å². The molecule has 0 aromatic carbocycles. The smallest absolute Gasteiger partial charge is 0.311 e. The number of amides is 1. The number of methoxy groups -OCH3 is 1. The zero-order chi connectivity index (χ0) is 15.1. The van der Waals surface area contributed by atoms with Crippen LogP contribution >= 0.6 is 0 Å². The number of carboxylic acids is 1. The Morgan fingerprint density at radius 3 is 2.57 bits per heavy atom. The zero-order valence-corrected chi connectivity index (χ0v) is 12.8. The maximum atomic E-state index is 12.9. The van der Waals surface area contributed by atoms with Gasteiger partial charge in [0.15, 0.2) is 0 Å². The summed E-state index contributed by atoms with van der Waals surface area (Å²) in [6.45, 7) is 1.66. The van der Waals surface area contributed by atoms with Gasteiger partial charge in [0.05, 0.1) is 10.8 Å². The average molecular weight is 295 g/mol. The van der Waals surface area contributed by atoms with E-state index in [1.54, 1.807) is 7.11 Å². The number of nitrogens with zero attached hydrogens (tertiary/aromatic N) is 1. The second-order valence-electron chi connectivity index (χ2n) is 7.11. The first-order valence-corrected chi connectivity index (χ1v) is 8.06. The van der Waals surface area contributed by atoms with Gasteiger partial charge in [0.2, 0.25) is 5.91 Å². The SMILES string of the molecule is COCCC1(C(=O)N2C[C@@H]3CCC[C@@]3(C(=O)O)C2)CCC1. The molecule has 2 atom stereocenters. The van der Waals surface area contributed by atoms with E-state index in [2.05, 4.69) is 0 Å². The monoisotopic (exact) mass is 295 g/mol. The maximum absolute atomic E-state index is 12.9. The molecule has 21 heavy (non-hydrogen) atoms.